The first kappa shape index (κ1) is 19.4. The molecule has 1 aromatic carbocycles. The number of anilines is 1. The third kappa shape index (κ3) is 5.09. The van der Waals surface area contributed by atoms with Gasteiger partial charge in [0, 0.05) is 12.2 Å². The van der Waals surface area contributed by atoms with Crippen LogP contribution in [0, 0.1) is 6.92 Å². The Morgan fingerprint density at radius 3 is 2.78 bits per heavy atom. The number of halogens is 1. The van der Waals surface area contributed by atoms with Gasteiger partial charge in [0.1, 0.15) is 6.54 Å². The zero-order valence-electron chi connectivity index (χ0n) is 15.2. The second-order valence-electron chi connectivity index (χ2n) is 6.93. The van der Waals surface area contributed by atoms with E-state index in [0.29, 0.717) is 15.7 Å². The van der Waals surface area contributed by atoms with Crippen molar-refractivity contribution in [1.82, 2.24) is 15.1 Å². The van der Waals surface area contributed by atoms with E-state index < -0.39 is 5.91 Å². The molecule has 1 saturated carbocycles. The predicted molar refractivity (Wildman–Crippen MR) is 106 cm³/mol. The van der Waals surface area contributed by atoms with Gasteiger partial charge in [0.2, 0.25) is 5.91 Å². The molecule has 1 fully saturated rings. The fourth-order valence-electron chi connectivity index (χ4n) is 3.26. The Balaban J connectivity index is 1.60. The number of benzene rings is 1. The standard InChI is InChI=1S/C19H23BrN4O3/c1-12-7-15(20)18(26)16(8-12)23-19(27)13-9-21-24(10-13)11-17(25)22-14-5-3-2-4-6-14/h7-10,14,26H,2-6,11H2,1H3,(H,22,25)(H,23,27). The molecule has 0 aliphatic heterocycles. The third-order valence-electron chi connectivity index (χ3n) is 4.63. The molecular formula is C19H23BrN4O3. The molecule has 27 heavy (non-hydrogen) atoms. The van der Waals surface area contributed by atoms with Gasteiger partial charge < -0.3 is 15.7 Å². The van der Waals surface area contributed by atoms with E-state index in [9.17, 15) is 14.7 Å². The highest BCUT2D eigenvalue weighted by Gasteiger charge is 2.17. The van der Waals surface area contributed by atoms with Crippen LogP contribution in [0.4, 0.5) is 5.69 Å². The van der Waals surface area contributed by atoms with Gasteiger partial charge in [0.25, 0.3) is 5.91 Å². The molecule has 2 amide bonds. The van der Waals surface area contributed by atoms with Crippen molar-refractivity contribution in [2.45, 2.75) is 51.6 Å². The summed E-state index contributed by atoms with van der Waals surface area (Å²) in [6.45, 7) is 1.94. The van der Waals surface area contributed by atoms with Crippen LogP contribution in [-0.2, 0) is 11.3 Å². The number of hydrogen-bond acceptors (Lipinski definition) is 4. The fourth-order valence-corrected chi connectivity index (χ4v) is 3.83. The van der Waals surface area contributed by atoms with E-state index in [1.54, 1.807) is 12.1 Å². The molecule has 1 aromatic heterocycles. The van der Waals surface area contributed by atoms with Crippen LogP contribution in [0.5, 0.6) is 5.75 Å². The number of rotatable bonds is 5. The van der Waals surface area contributed by atoms with E-state index in [0.717, 1.165) is 31.2 Å². The fraction of sp³-hybridized carbons (Fsp3) is 0.421. The van der Waals surface area contributed by atoms with Crippen molar-refractivity contribution >= 4 is 33.4 Å². The first-order valence-electron chi connectivity index (χ1n) is 9.04. The molecule has 3 N–H and O–H groups in total. The largest absolute Gasteiger partial charge is 0.505 e. The van der Waals surface area contributed by atoms with Gasteiger partial charge in [-0.1, -0.05) is 19.3 Å². The van der Waals surface area contributed by atoms with E-state index in [2.05, 4.69) is 31.7 Å². The Hall–Kier alpha value is -2.35. The summed E-state index contributed by atoms with van der Waals surface area (Å²) >= 11 is 3.25. The number of carbonyl (C=O) groups is 2. The maximum Gasteiger partial charge on any atom is 0.258 e. The number of hydrogen-bond donors (Lipinski definition) is 3. The maximum absolute atomic E-state index is 12.4. The normalized spacial score (nSPS) is 14.7. The van der Waals surface area contributed by atoms with Crippen LogP contribution in [-0.4, -0.2) is 32.7 Å². The molecular weight excluding hydrogens is 412 g/mol. The van der Waals surface area contributed by atoms with E-state index >= 15 is 0 Å². The Kier molecular flexibility index (Phi) is 6.15. The van der Waals surface area contributed by atoms with Crippen molar-refractivity contribution in [2.24, 2.45) is 0 Å². The summed E-state index contributed by atoms with van der Waals surface area (Å²) in [5, 5.41) is 19.8. The number of aromatic nitrogens is 2. The monoisotopic (exact) mass is 434 g/mol. The van der Waals surface area contributed by atoms with E-state index in [1.165, 1.54) is 23.5 Å². The number of nitrogens with one attached hydrogen (secondary N) is 2. The number of nitrogens with zero attached hydrogens (tertiary/aromatic N) is 2. The van der Waals surface area contributed by atoms with Gasteiger partial charge in [-0.25, -0.2) is 0 Å². The lowest BCUT2D eigenvalue weighted by Crippen LogP contribution is -2.38. The SMILES string of the molecule is Cc1cc(Br)c(O)c(NC(=O)c2cnn(CC(=O)NC3CCCCC3)c2)c1. The molecule has 0 spiro atoms. The molecule has 144 valence electrons. The second kappa shape index (κ2) is 8.56. The van der Waals surface area contributed by atoms with Gasteiger partial charge in [-0.3, -0.25) is 14.3 Å². The highest BCUT2D eigenvalue weighted by Crippen LogP contribution is 2.33. The Morgan fingerprint density at radius 2 is 2.04 bits per heavy atom. The van der Waals surface area contributed by atoms with Crippen LogP contribution in [0.1, 0.15) is 48.0 Å². The first-order chi connectivity index (χ1) is 12.9. The van der Waals surface area contributed by atoms with Crippen LogP contribution in [0.2, 0.25) is 0 Å². The first-order valence-corrected chi connectivity index (χ1v) is 9.84. The van der Waals surface area contributed by atoms with Crippen molar-refractivity contribution in [2.75, 3.05) is 5.32 Å². The van der Waals surface area contributed by atoms with Gasteiger partial charge in [-0.15, -0.1) is 0 Å². The van der Waals surface area contributed by atoms with E-state index in [-0.39, 0.29) is 24.2 Å². The maximum atomic E-state index is 12.4. The minimum atomic E-state index is -0.401. The molecule has 7 nitrogen and oxygen atoms in total. The van der Waals surface area contributed by atoms with Crippen molar-refractivity contribution in [1.29, 1.82) is 0 Å². The minimum absolute atomic E-state index is 0.0341. The molecule has 0 saturated heterocycles. The van der Waals surface area contributed by atoms with Gasteiger partial charge in [0.05, 0.1) is 21.9 Å². The number of carbonyl (C=O) groups excluding carboxylic acids is 2. The quantitative estimate of drug-likeness (QED) is 0.628. The van der Waals surface area contributed by atoms with Gasteiger partial charge >= 0.3 is 0 Å². The average Bonchev–Trinajstić information content (AvgIpc) is 3.08. The summed E-state index contributed by atoms with van der Waals surface area (Å²) < 4.78 is 1.95. The van der Waals surface area contributed by atoms with Gasteiger partial charge in [-0.05, 0) is 53.4 Å². The molecule has 1 aliphatic rings. The Labute approximate surface area is 166 Å². The van der Waals surface area contributed by atoms with Crippen LogP contribution < -0.4 is 10.6 Å². The number of amides is 2. The summed E-state index contributed by atoms with van der Waals surface area (Å²) in [4.78, 5) is 24.6. The minimum Gasteiger partial charge on any atom is -0.505 e. The Bertz CT molecular complexity index is 843. The van der Waals surface area contributed by atoms with Crippen LogP contribution in [0.25, 0.3) is 0 Å². The molecule has 3 rings (SSSR count). The van der Waals surface area contributed by atoms with Crippen molar-refractivity contribution in [3.63, 3.8) is 0 Å². The molecule has 0 bridgehead atoms. The number of aryl methyl sites for hydroxylation is 1. The lowest BCUT2D eigenvalue weighted by Gasteiger charge is -2.22. The Morgan fingerprint density at radius 1 is 1.30 bits per heavy atom. The summed E-state index contributed by atoms with van der Waals surface area (Å²) in [6, 6.07) is 3.68. The third-order valence-corrected chi connectivity index (χ3v) is 5.23. The summed E-state index contributed by atoms with van der Waals surface area (Å²) in [6.07, 6.45) is 8.51. The number of phenols is 1. The highest BCUT2D eigenvalue weighted by molar-refractivity contribution is 9.10. The van der Waals surface area contributed by atoms with Crippen LogP contribution in [0.15, 0.2) is 29.0 Å². The summed E-state index contributed by atoms with van der Waals surface area (Å²) in [5.74, 6) is -0.535. The number of phenolic OH excluding ortho intramolecular Hbond substituents is 1. The van der Waals surface area contributed by atoms with Gasteiger partial charge in [-0.2, -0.15) is 5.10 Å². The summed E-state index contributed by atoms with van der Waals surface area (Å²) in [5.41, 5.74) is 1.53. The molecule has 1 heterocycles. The molecule has 8 heteroatoms. The average molecular weight is 435 g/mol. The van der Waals surface area contributed by atoms with Crippen LogP contribution in [0.3, 0.4) is 0 Å². The molecule has 0 unspecified atom stereocenters. The van der Waals surface area contributed by atoms with E-state index in [4.69, 9.17) is 0 Å². The van der Waals surface area contributed by atoms with Crippen molar-refractivity contribution in [3.8, 4) is 5.75 Å². The molecule has 1 aliphatic carbocycles. The zero-order chi connectivity index (χ0) is 19.4. The summed E-state index contributed by atoms with van der Waals surface area (Å²) in [7, 11) is 0. The van der Waals surface area contributed by atoms with E-state index in [1.807, 2.05) is 6.92 Å². The lowest BCUT2D eigenvalue weighted by molar-refractivity contribution is -0.122. The highest BCUT2D eigenvalue weighted by atomic mass is 79.9. The van der Waals surface area contributed by atoms with Crippen LogP contribution >= 0.6 is 15.9 Å². The number of aromatic hydroxyl groups is 1. The van der Waals surface area contributed by atoms with Crippen molar-refractivity contribution < 1.29 is 14.7 Å². The molecule has 0 radical (unpaired) electrons. The zero-order valence-corrected chi connectivity index (χ0v) is 16.8. The molecule has 2 aromatic rings. The molecule has 0 atom stereocenters. The van der Waals surface area contributed by atoms with Gasteiger partial charge in [0.15, 0.2) is 5.75 Å². The second-order valence-corrected chi connectivity index (χ2v) is 7.78. The predicted octanol–water partition coefficient (Wildman–Crippen LogP) is 3.36. The smallest absolute Gasteiger partial charge is 0.258 e. The topological polar surface area (TPSA) is 96.2 Å². The van der Waals surface area contributed by atoms with Crippen molar-refractivity contribution in [3.05, 3.63) is 40.1 Å². The lowest BCUT2D eigenvalue weighted by atomic mass is 9.95.